The Kier molecular flexibility index (Phi) is 7.72. The number of hydrogen-bond acceptors (Lipinski definition) is 2. The summed E-state index contributed by atoms with van der Waals surface area (Å²) in [6.07, 6.45) is 5.24. The number of amides is 1. The molecule has 18 heavy (non-hydrogen) atoms. The molecule has 0 aromatic heterocycles. The molecule has 0 aromatic carbocycles. The van der Waals surface area contributed by atoms with E-state index in [1.807, 2.05) is 34.6 Å². The van der Waals surface area contributed by atoms with Gasteiger partial charge in [-0.3, -0.25) is 0 Å². The van der Waals surface area contributed by atoms with E-state index in [1.54, 1.807) is 4.90 Å². The zero-order valence-electron chi connectivity index (χ0n) is 12.9. The zero-order chi connectivity index (χ0) is 14.2. The second kappa shape index (κ2) is 8.17. The largest absolute Gasteiger partial charge is 0.444 e. The van der Waals surface area contributed by atoms with Gasteiger partial charge in [0.25, 0.3) is 0 Å². The molecule has 0 spiro atoms. The molecule has 0 aromatic rings. The standard InChI is InChI=1S/C13H23NO2.C2H6/c1-5-7-11-8-6-9-14(10-11)12(15)16-13(2,3)4;1-2/h7H,5-6,8-10H2,1-4H3;1-2H3/b11-7+;. The van der Waals surface area contributed by atoms with Crippen molar-refractivity contribution in [3.05, 3.63) is 11.6 Å². The van der Waals surface area contributed by atoms with Gasteiger partial charge in [-0.25, -0.2) is 4.79 Å². The number of piperidine rings is 1. The fourth-order valence-corrected chi connectivity index (χ4v) is 1.84. The molecule has 0 bridgehead atoms. The molecule has 1 amide bonds. The molecule has 3 heteroatoms. The number of carbonyl (C=O) groups is 1. The molecule has 1 aliphatic rings. The molecule has 0 saturated carbocycles. The maximum atomic E-state index is 11.8. The number of nitrogens with zero attached hydrogens (tertiary/aromatic N) is 1. The van der Waals surface area contributed by atoms with Crippen LogP contribution >= 0.6 is 0 Å². The monoisotopic (exact) mass is 255 g/mol. The number of ether oxygens (including phenoxy) is 1. The van der Waals surface area contributed by atoms with Crippen molar-refractivity contribution in [3.63, 3.8) is 0 Å². The van der Waals surface area contributed by atoms with Crippen molar-refractivity contribution >= 4 is 6.09 Å². The van der Waals surface area contributed by atoms with Gasteiger partial charge in [-0.15, -0.1) is 0 Å². The minimum absolute atomic E-state index is 0.186. The lowest BCUT2D eigenvalue weighted by Gasteiger charge is -2.31. The van der Waals surface area contributed by atoms with Crippen LogP contribution in [0.5, 0.6) is 0 Å². The number of carbonyl (C=O) groups excluding carboxylic acids is 1. The van der Waals surface area contributed by atoms with Crippen molar-refractivity contribution in [1.29, 1.82) is 0 Å². The van der Waals surface area contributed by atoms with E-state index in [0.29, 0.717) is 0 Å². The van der Waals surface area contributed by atoms with E-state index in [2.05, 4.69) is 13.0 Å². The first-order chi connectivity index (χ1) is 8.42. The third-order valence-electron chi connectivity index (χ3n) is 2.46. The Morgan fingerprint density at radius 3 is 2.50 bits per heavy atom. The predicted molar refractivity (Wildman–Crippen MR) is 76.8 cm³/mol. The Hall–Kier alpha value is -0.990. The number of rotatable bonds is 1. The van der Waals surface area contributed by atoms with Crippen LogP contribution in [0.4, 0.5) is 4.79 Å². The third-order valence-corrected chi connectivity index (χ3v) is 2.46. The van der Waals surface area contributed by atoms with Gasteiger partial charge in [-0.2, -0.15) is 0 Å². The zero-order valence-corrected chi connectivity index (χ0v) is 12.9. The van der Waals surface area contributed by atoms with E-state index in [4.69, 9.17) is 4.74 Å². The first-order valence-corrected chi connectivity index (χ1v) is 7.08. The molecular formula is C15H29NO2. The van der Waals surface area contributed by atoms with Gasteiger partial charge in [0.05, 0.1) is 0 Å². The fourth-order valence-electron chi connectivity index (χ4n) is 1.84. The first kappa shape index (κ1) is 17.0. The molecule has 0 aliphatic carbocycles. The van der Waals surface area contributed by atoms with Crippen molar-refractivity contribution in [3.8, 4) is 0 Å². The van der Waals surface area contributed by atoms with Crippen molar-refractivity contribution in [2.24, 2.45) is 0 Å². The fraction of sp³-hybridized carbons (Fsp3) is 0.800. The molecule has 0 atom stereocenters. The average Bonchev–Trinajstić information content (AvgIpc) is 2.30. The molecule has 0 radical (unpaired) electrons. The highest BCUT2D eigenvalue weighted by Gasteiger charge is 2.24. The topological polar surface area (TPSA) is 29.5 Å². The Balaban J connectivity index is 0.00000137. The van der Waals surface area contributed by atoms with Crippen LogP contribution in [0.2, 0.25) is 0 Å². The van der Waals surface area contributed by atoms with Gasteiger partial charge in [0.15, 0.2) is 0 Å². The van der Waals surface area contributed by atoms with E-state index in [-0.39, 0.29) is 6.09 Å². The summed E-state index contributed by atoms with van der Waals surface area (Å²) in [4.78, 5) is 13.6. The van der Waals surface area contributed by atoms with E-state index in [1.165, 1.54) is 5.57 Å². The van der Waals surface area contributed by atoms with Gasteiger partial charge < -0.3 is 9.64 Å². The summed E-state index contributed by atoms with van der Waals surface area (Å²) >= 11 is 0. The summed E-state index contributed by atoms with van der Waals surface area (Å²) in [5, 5.41) is 0. The van der Waals surface area contributed by atoms with Gasteiger partial charge >= 0.3 is 6.09 Å². The Bertz CT molecular complexity index is 277. The lowest BCUT2D eigenvalue weighted by atomic mass is 10.0. The molecule has 1 heterocycles. The maximum Gasteiger partial charge on any atom is 0.410 e. The van der Waals surface area contributed by atoms with E-state index in [9.17, 15) is 4.79 Å². The SMILES string of the molecule is CC.CC/C=C1\CCCN(C(=O)OC(C)(C)C)C1. The highest BCUT2D eigenvalue weighted by molar-refractivity contribution is 5.68. The lowest BCUT2D eigenvalue weighted by Crippen LogP contribution is -2.40. The van der Waals surface area contributed by atoms with Crippen molar-refractivity contribution in [2.45, 2.75) is 66.4 Å². The molecule has 3 nitrogen and oxygen atoms in total. The summed E-state index contributed by atoms with van der Waals surface area (Å²) in [5.74, 6) is 0. The molecular weight excluding hydrogens is 226 g/mol. The number of hydrogen-bond donors (Lipinski definition) is 0. The van der Waals surface area contributed by atoms with Gasteiger partial charge in [-0.1, -0.05) is 32.4 Å². The average molecular weight is 255 g/mol. The summed E-state index contributed by atoms with van der Waals surface area (Å²) < 4.78 is 5.36. The summed E-state index contributed by atoms with van der Waals surface area (Å²) in [5.41, 5.74) is 0.961. The summed E-state index contributed by atoms with van der Waals surface area (Å²) in [7, 11) is 0. The van der Waals surface area contributed by atoms with Crippen LogP contribution in [-0.2, 0) is 4.74 Å². The Morgan fingerprint density at radius 2 is 2.00 bits per heavy atom. The number of allylic oxidation sites excluding steroid dienone is 1. The van der Waals surface area contributed by atoms with Crippen LogP contribution in [0.3, 0.4) is 0 Å². The van der Waals surface area contributed by atoms with Gasteiger partial charge in [-0.05, 0) is 40.0 Å². The molecule has 0 N–H and O–H groups in total. The van der Waals surface area contributed by atoms with E-state index >= 15 is 0 Å². The summed E-state index contributed by atoms with van der Waals surface area (Å²) in [6, 6.07) is 0. The van der Waals surface area contributed by atoms with Crippen molar-refractivity contribution < 1.29 is 9.53 Å². The predicted octanol–water partition coefficient (Wildman–Crippen LogP) is 4.38. The number of likely N-dealkylation sites (tertiary alicyclic amines) is 1. The van der Waals surface area contributed by atoms with Gasteiger partial charge in [0.2, 0.25) is 0 Å². The summed E-state index contributed by atoms with van der Waals surface area (Å²) in [6.45, 7) is 13.4. The molecule has 1 saturated heterocycles. The molecule has 1 aliphatic heterocycles. The van der Waals surface area contributed by atoms with Crippen LogP contribution in [0.25, 0.3) is 0 Å². The van der Waals surface area contributed by atoms with E-state index in [0.717, 1.165) is 32.4 Å². The molecule has 1 rings (SSSR count). The van der Waals surface area contributed by atoms with Gasteiger partial charge in [0, 0.05) is 13.1 Å². The normalized spacial score (nSPS) is 18.1. The molecule has 106 valence electrons. The minimum Gasteiger partial charge on any atom is -0.444 e. The third kappa shape index (κ3) is 6.67. The van der Waals surface area contributed by atoms with Crippen molar-refractivity contribution in [2.75, 3.05) is 13.1 Å². The minimum atomic E-state index is -0.400. The van der Waals surface area contributed by atoms with Crippen LogP contribution in [0, 0.1) is 0 Å². The van der Waals surface area contributed by atoms with E-state index < -0.39 is 5.60 Å². The van der Waals surface area contributed by atoms with Gasteiger partial charge in [0.1, 0.15) is 5.60 Å². The van der Waals surface area contributed by atoms with Crippen LogP contribution in [0.15, 0.2) is 11.6 Å². The molecule has 0 unspecified atom stereocenters. The smallest absolute Gasteiger partial charge is 0.410 e. The second-order valence-electron chi connectivity index (χ2n) is 5.28. The molecule has 1 fully saturated rings. The van der Waals surface area contributed by atoms with Crippen molar-refractivity contribution in [1.82, 2.24) is 4.90 Å². The maximum absolute atomic E-state index is 11.8. The van der Waals surface area contributed by atoms with Crippen LogP contribution in [-0.4, -0.2) is 29.7 Å². The lowest BCUT2D eigenvalue weighted by molar-refractivity contribution is 0.0246. The van der Waals surface area contributed by atoms with Crippen LogP contribution < -0.4 is 0 Å². The second-order valence-corrected chi connectivity index (χ2v) is 5.28. The Labute approximate surface area is 112 Å². The quantitative estimate of drug-likeness (QED) is 0.651. The highest BCUT2D eigenvalue weighted by atomic mass is 16.6. The Morgan fingerprint density at radius 1 is 1.39 bits per heavy atom. The highest BCUT2D eigenvalue weighted by Crippen LogP contribution is 2.18. The first-order valence-electron chi connectivity index (χ1n) is 7.08. The van der Waals surface area contributed by atoms with Crippen LogP contribution in [0.1, 0.15) is 60.8 Å².